The summed E-state index contributed by atoms with van der Waals surface area (Å²) in [6.07, 6.45) is 0. The molecule has 0 atom stereocenters. The number of amides is 1. The van der Waals surface area contributed by atoms with Gasteiger partial charge < -0.3 is 15.2 Å². The van der Waals surface area contributed by atoms with E-state index < -0.39 is 24.4 Å². The molecule has 0 fully saturated rings. The normalized spacial score (nSPS) is 8.94. The van der Waals surface area contributed by atoms with E-state index >= 15 is 0 Å². The first-order valence-electron chi connectivity index (χ1n) is 4.77. The third-order valence-corrected chi connectivity index (χ3v) is 1.78. The van der Waals surface area contributed by atoms with Crippen LogP contribution >= 0.6 is 0 Å². The van der Waals surface area contributed by atoms with Crippen molar-refractivity contribution in [2.45, 2.75) is 6.92 Å². The molecule has 0 radical (unpaired) electrons. The predicted molar refractivity (Wildman–Crippen MR) is 64.9 cm³/mol. The van der Waals surface area contributed by atoms with Gasteiger partial charge in [-0.1, -0.05) is 0 Å². The van der Waals surface area contributed by atoms with E-state index in [1.54, 1.807) is 0 Å². The van der Waals surface area contributed by atoms with Crippen LogP contribution in [0.3, 0.4) is 0 Å². The molecule has 1 amide bonds. The van der Waals surface area contributed by atoms with Crippen molar-refractivity contribution in [3.8, 4) is 5.75 Å². The number of benzene rings is 1. The van der Waals surface area contributed by atoms with Crippen LogP contribution < -0.4 is 10.1 Å². The number of esters is 1. The van der Waals surface area contributed by atoms with E-state index in [0.717, 1.165) is 0 Å². The van der Waals surface area contributed by atoms with Crippen molar-refractivity contribution in [1.29, 1.82) is 0 Å². The Labute approximate surface area is 115 Å². The van der Waals surface area contributed by atoms with Gasteiger partial charge in [0.25, 0.3) is 5.91 Å². The fourth-order valence-electron chi connectivity index (χ4n) is 1.10. The summed E-state index contributed by atoms with van der Waals surface area (Å²) in [5.74, 6) is -1.74. The summed E-state index contributed by atoms with van der Waals surface area (Å²) in [4.78, 5) is 32.3. The molecule has 2 N–H and O–H groups in total. The van der Waals surface area contributed by atoms with E-state index in [1.165, 1.54) is 31.2 Å². The summed E-state index contributed by atoms with van der Waals surface area (Å²) in [7, 11) is 0. The molecule has 0 unspecified atom stereocenters. The molecule has 0 saturated heterocycles. The minimum absolute atomic E-state index is 0. The molecule has 1 aromatic carbocycles. The Morgan fingerprint density at radius 2 is 1.78 bits per heavy atom. The third kappa shape index (κ3) is 5.52. The Hall–Kier alpha value is -1.77. The maximum absolute atomic E-state index is 11.4. The van der Waals surface area contributed by atoms with Gasteiger partial charge in [0.1, 0.15) is 12.3 Å². The third-order valence-electron chi connectivity index (χ3n) is 1.78. The molecule has 92 valence electrons. The molecule has 0 aliphatic rings. The van der Waals surface area contributed by atoms with Crippen LogP contribution in [0.1, 0.15) is 17.3 Å². The molecular formula is C11H12LiNO5. The fourth-order valence-corrected chi connectivity index (χ4v) is 1.10. The zero-order valence-electron chi connectivity index (χ0n) is 9.10. The summed E-state index contributed by atoms with van der Waals surface area (Å²) in [6, 6.07) is 5.79. The molecular weight excluding hydrogens is 233 g/mol. The monoisotopic (exact) mass is 245 g/mol. The molecule has 0 aromatic heterocycles. The number of nitrogens with one attached hydrogen (secondary N) is 1. The molecule has 6 nitrogen and oxygen atoms in total. The Morgan fingerprint density at radius 1 is 1.22 bits per heavy atom. The van der Waals surface area contributed by atoms with Gasteiger partial charge in [-0.3, -0.25) is 14.4 Å². The van der Waals surface area contributed by atoms with Gasteiger partial charge in [-0.2, -0.15) is 0 Å². The molecule has 7 heteroatoms. The summed E-state index contributed by atoms with van der Waals surface area (Å²) < 4.78 is 4.78. The second-order valence-electron chi connectivity index (χ2n) is 3.19. The molecule has 1 rings (SSSR count). The quantitative estimate of drug-likeness (QED) is 0.434. The van der Waals surface area contributed by atoms with Crippen molar-refractivity contribution in [3.05, 3.63) is 29.8 Å². The average Bonchev–Trinajstić information content (AvgIpc) is 2.26. The molecule has 0 aliphatic heterocycles. The molecule has 1 aromatic rings. The number of carboxylic acids is 1. The molecule has 0 bridgehead atoms. The van der Waals surface area contributed by atoms with Gasteiger partial charge in [-0.15, -0.1) is 0 Å². The Balaban J connectivity index is 0.00000289. The van der Waals surface area contributed by atoms with E-state index in [9.17, 15) is 14.4 Å². The first-order chi connectivity index (χ1) is 7.99. The summed E-state index contributed by atoms with van der Waals surface area (Å²) in [5, 5.41) is 10.6. The van der Waals surface area contributed by atoms with Crippen LogP contribution in [-0.2, 0) is 9.59 Å². The van der Waals surface area contributed by atoms with Crippen molar-refractivity contribution in [2.24, 2.45) is 0 Å². The first kappa shape index (κ1) is 16.2. The Kier molecular flexibility index (Phi) is 6.79. The second kappa shape index (κ2) is 7.53. The van der Waals surface area contributed by atoms with Crippen molar-refractivity contribution in [1.82, 2.24) is 5.32 Å². The van der Waals surface area contributed by atoms with Crippen LogP contribution in [0, 0.1) is 0 Å². The van der Waals surface area contributed by atoms with Crippen molar-refractivity contribution < 1.29 is 24.2 Å². The topological polar surface area (TPSA) is 92.7 Å². The van der Waals surface area contributed by atoms with Crippen molar-refractivity contribution >= 4 is 36.7 Å². The number of rotatable bonds is 4. The first-order valence-corrected chi connectivity index (χ1v) is 4.77. The van der Waals surface area contributed by atoms with Crippen LogP contribution in [0.15, 0.2) is 24.3 Å². The van der Waals surface area contributed by atoms with E-state index in [-0.39, 0.29) is 18.9 Å². The van der Waals surface area contributed by atoms with Gasteiger partial charge in [0.05, 0.1) is 0 Å². The number of hydrogen-bond donors (Lipinski definition) is 2. The Morgan fingerprint density at radius 3 is 2.22 bits per heavy atom. The number of hydrogen-bond acceptors (Lipinski definition) is 4. The molecule has 0 aliphatic carbocycles. The van der Waals surface area contributed by atoms with E-state index in [1.807, 2.05) is 0 Å². The zero-order chi connectivity index (χ0) is 12.8. The Bertz CT molecular complexity index is 443. The average molecular weight is 245 g/mol. The van der Waals surface area contributed by atoms with E-state index in [4.69, 9.17) is 9.84 Å². The minimum atomic E-state index is -1.12. The maximum atomic E-state index is 11.4. The van der Waals surface area contributed by atoms with Gasteiger partial charge >= 0.3 is 30.8 Å². The summed E-state index contributed by atoms with van der Waals surface area (Å²) in [6.45, 7) is 0.831. The summed E-state index contributed by atoms with van der Waals surface area (Å²) in [5.41, 5.74) is 0.294. The molecule has 0 saturated carbocycles. The van der Waals surface area contributed by atoms with Gasteiger partial charge in [-0.05, 0) is 24.3 Å². The van der Waals surface area contributed by atoms with Crippen LogP contribution in [0.5, 0.6) is 5.75 Å². The fraction of sp³-hybridized carbons (Fsp3) is 0.182. The van der Waals surface area contributed by atoms with E-state index in [0.29, 0.717) is 11.3 Å². The molecule has 18 heavy (non-hydrogen) atoms. The summed E-state index contributed by atoms with van der Waals surface area (Å²) >= 11 is 0. The zero-order valence-corrected chi connectivity index (χ0v) is 9.10. The second-order valence-corrected chi connectivity index (χ2v) is 3.19. The van der Waals surface area contributed by atoms with Crippen LogP contribution in [0.25, 0.3) is 0 Å². The van der Waals surface area contributed by atoms with Crippen molar-refractivity contribution in [3.63, 3.8) is 0 Å². The van der Waals surface area contributed by atoms with Gasteiger partial charge in [0.15, 0.2) is 0 Å². The van der Waals surface area contributed by atoms with Crippen LogP contribution in [-0.4, -0.2) is 48.4 Å². The predicted octanol–water partition coefficient (Wildman–Crippen LogP) is -0.222. The van der Waals surface area contributed by atoms with Gasteiger partial charge in [-0.25, -0.2) is 0 Å². The van der Waals surface area contributed by atoms with Gasteiger partial charge in [0.2, 0.25) is 0 Å². The molecule has 0 spiro atoms. The van der Waals surface area contributed by atoms with Crippen LogP contribution in [0.4, 0.5) is 0 Å². The van der Waals surface area contributed by atoms with Crippen LogP contribution in [0.2, 0.25) is 0 Å². The molecule has 0 heterocycles. The van der Waals surface area contributed by atoms with E-state index in [2.05, 4.69) is 5.32 Å². The number of carboxylic acid groups (broad SMARTS) is 1. The standard InChI is InChI=1S/C11H11NO5.Li.H/c1-7(13)17-9-4-2-8(3-5-9)11(16)12-6-10(14)15;;/h2-5H,6H2,1H3,(H,12,16)(H,14,15);;. The number of ether oxygens (including phenoxy) is 1. The van der Waals surface area contributed by atoms with Crippen molar-refractivity contribution in [2.75, 3.05) is 6.54 Å². The number of carbonyl (C=O) groups is 3. The number of carbonyl (C=O) groups excluding carboxylic acids is 2. The van der Waals surface area contributed by atoms with Gasteiger partial charge in [0, 0.05) is 12.5 Å². The number of aliphatic carboxylic acids is 1. The SMILES string of the molecule is CC(=O)Oc1ccc(C(=O)NCC(=O)O)cc1.[LiH].